The summed E-state index contributed by atoms with van der Waals surface area (Å²) in [5.41, 5.74) is 3.21. The Kier molecular flexibility index (Phi) is 3.59. The number of phenols is 1. The summed E-state index contributed by atoms with van der Waals surface area (Å²) in [6.07, 6.45) is 3.39. The van der Waals surface area contributed by atoms with Gasteiger partial charge in [-0.3, -0.25) is 19.7 Å². The van der Waals surface area contributed by atoms with Crippen LogP contribution in [0.4, 0.5) is 5.69 Å². The maximum atomic E-state index is 12.1. The first-order valence-electron chi connectivity index (χ1n) is 7.72. The number of benzene rings is 1. The van der Waals surface area contributed by atoms with Gasteiger partial charge in [-0.25, -0.2) is 0 Å². The van der Waals surface area contributed by atoms with Crippen LogP contribution in [0.5, 0.6) is 5.75 Å². The molecule has 0 saturated heterocycles. The van der Waals surface area contributed by atoms with Crippen molar-refractivity contribution in [1.82, 2.24) is 14.9 Å². The molecule has 3 aromatic rings. The Morgan fingerprint density at radius 3 is 2.83 bits per heavy atom. The summed E-state index contributed by atoms with van der Waals surface area (Å²) < 4.78 is 0. The maximum Gasteiger partial charge on any atom is 0.238 e. The molecule has 24 heavy (non-hydrogen) atoms. The van der Waals surface area contributed by atoms with Gasteiger partial charge in [0, 0.05) is 30.9 Å². The molecule has 6 heteroatoms. The minimum atomic E-state index is -0.0528. The zero-order chi connectivity index (χ0) is 16.5. The predicted molar refractivity (Wildman–Crippen MR) is 90.4 cm³/mol. The number of aromatic nitrogens is 2. The fraction of sp³-hybridized carbons (Fsp3) is 0.167. The molecule has 6 nitrogen and oxygen atoms in total. The molecule has 3 heterocycles. The zero-order valence-electron chi connectivity index (χ0n) is 12.9. The molecule has 2 N–H and O–H groups in total. The number of pyridine rings is 2. The first kappa shape index (κ1) is 14.6. The molecule has 1 aliphatic heterocycles. The number of hydrogen-bond donors (Lipinski definition) is 2. The van der Waals surface area contributed by atoms with Crippen LogP contribution in [0, 0.1) is 0 Å². The summed E-state index contributed by atoms with van der Waals surface area (Å²) in [4.78, 5) is 22.8. The number of anilines is 1. The highest BCUT2D eigenvalue weighted by Gasteiger charge is 2.20. The smallest absolute Gasteiger partial charge is 0.238 e. The average Bonchev–Trinajstić information content (AvgIpc) is 2.75. The highest BCUT2D eigenvalue weighted by molar-refractivity contribution is 5.93. The van der Waals surface area contributed by atoms with Gasteiger partial charge in [-0.1, -0.05) is 12.1 Å². The van der Waals surface area contributed by atoms with Crippen molar-refractivity contribution in [3.8, 4) is 5.75 Å². The van der Waals surface area contributed by atoms with Gasteiger partial charge in [-0.2, -0.15) is 0 Å². The summed E-state index contributed by atoms with van der Waals surface area (Å²) in [5.74, 6) is 0.109. The Hall–Kier alpha value is -2.99. The number of amides is 1. The number of hydrogen-bond acceptors (Lipinski definition) is 5. The first-order valence-corrected chi connectivity index (χ1v) is 7.72. The lowest BCUT2D eigenvalue weighted by molar-refractivity contribution is -0.117. The van der Waals surface area contributed by atoms with Crippen molar-refractivity contribution in [3.05, 3.63) is 60.0 Å². The van der Waals surface area contributed by atoms with E-state index in [1.807, 2.05) is 35.2 Å². The molecule has 1 aliphatic rings. The van der Waals surface area contributed by atoms with Crippen LogP contribution in [0.3, 0.4) is 0 Å². The van der Waals surface area contributed by atoms with Crippen molar-refractivity contribution in [2.24, 2.45) is 0 Å². The second kappa shape index (κ2) is 5.90. The normalized spacial score (nSPS) is 14.9. The van der Waals surface area contributed by atoms with Crippen LogP contribution in [0.1, 0.15) is 11.3 Å². The number of phenolic OH excluding ortho intramolecular Hbond substituents is 1. The van der Waals surface area contributed by atoms with Crippen LogP contribution in [0.25, 0.3) is 10.9 Å². The Balaban J connectivity index is 1.68. The van der Waals surface area contributed by atoms with Gasteiger partial charge in [0.15, 0.2) is 0 Å². The Morgan fingerprint density at radius 1 is 1.08 bits per heavy atom. The number of nitrogens with zero attached hydrogens (tertiary/aromatic N) is 3. The summed E-state index contributed by atoms with van der Waals surface area (Å²) in [5, 5.41) is 13.7. The average molecular weight is 320 g/mol. The largest absolute Gasteiger partial charge is 0.506 e. The third-order valence-corrected chi connectivity index (χ3v) is 4.14. The summed E-state index contributed by atoms with van der Waals surface area (Å²) in [7, 11) is 0. The highest BCUT2D eigenvalue weighted by atomic mass is 16.3. The Bertz CT molecular complexity index is 926. The van der Waals surface area contributed by atoms with Gasteiger partial charge in [-0.05, 0) is 29.8 Å². The van der Waals surface area contributed by atoms with E-state index in [4.69, 9.17) is 0 Å². The van der Waals surface area contributed by atoms with Crippen molar-refractivity contribution in [1.29, 1.82) is 0 Å². The van der Waals surface area contributed by atoms with Crippen molar-refractivity contribution >= 4 is 22.5 Å². The molecule has 0 atom stereocenters. The summed E-state index contributed by atoms with van der Waals surface area (Å²) in [6.45, 7) is 1.45. The number of fused-ring (bicyclic) bond motifs is 2. The standard InChI is InChI=1S/C18H16N4O2/c23-16-6-5-12(13-3-1-8-20-18(13)16)9-22-10-15-14(4-2-7-19-15)21-17(24)11-22/h1-8,23H,9-11H2,(H,21,24). The second-order valence-electron chi connectivity index (χ2n) is 5.83. The maximum absolute atomic E-state index is 12.1. The molecule has 4 rings (SSSR count). The monoisotopic (exact) mass is 320 g/mol. The number of carbonyl (C=O) groups excluding carboxylic acids is 1. The third-order valence-electron chi connectivity index (χ3n) is 4.14. The lowest BCUT2D eigenvalue weighted by atomic mass is 10.1. The van der Waals surface area contributed by atoms with Crippen LogP contribution in [0.15, 0.2) is 48.8 Å². The predicted octanol–water partition coefficient (Wildman–Crippen LogP) is 2.29. The van der Waals surface area contributed by atoms with E-state index in [1.54, 1.807) is 18.5 Å². The lowest BCUT2D eigenvalue weighted by Gasteiger charge is -2.19. The molecule has 1 amide bonds. The molecule has 0 bridgehead atoms. The Labute approximate surface area is 138 Å². The van der Waals surface area contributed by atoms with Gasteiger partial charge in [0.05, 0.1) is 17.9 Å². The molecule has 0 unspecified atom stereocenters. The van der Waals surface area contributed by atoms with Gasteiger partial charge in [0.25, 0.3) is 0 Å². The third kappa shape index (κ3) is 2.68. The van der Waals surface area contributed by atoms with Gasteiger partial charge in [-0.15, -0.1) is 0 Å². The van der Waals surface area contributed by atoms with Gasteiger partial charge < -0.3 is 10.4 Å². The van der Waals surface area contributed by atoms with E-state index < -0.39 is 0 Å². The van der Waals surface area contributed by atoms with Gasteiger partial charge >= 0.3 is 0 Å². The number of carbonyl (C=O) groups is 1. The first-order chi connectivity index (χ1) is 11.7. The van der Waals surface area contributed by atoms with E-state index in [-0.39, 0.29) is 11.7 Å². The molecule has 0 aliphatic carbocycles. The number of rotatable bonds is 2. The molecular formula is C18H16N4O2. The van der Waals surface area contributed by atoms with Crippen molar-refractivity contribution < 1.29 is 9.90 Å². The molecule has 0 fully saturated rings. The Morgan fingerprint density at radius 2 is 1.92 bits per heavy atom. The van der Waals surface area contributed by atoms with E-state index in [2.05, 4.69) is 15.3 Å². The SMILES string of the molecule is O=C1CN(Cc2ccc(O)c3ncccc23)Cc2ncccc2N1. The molecule has 1 aromatic carbocycles. The zero-order valence-corrected chi connectivity index (χ0v) is 12.9. The van der Waals surface area contributed by atoms with Crippen molar-refractivity contribution in [2.75, 3.05) is 11.9 Å². The fourth-order valence-electron chi connectivity index (χ4n) is 3.05. The molecule has 0 radical (unpaired) electrons. The molecule has 2 aromatic heterocycles. The van der Waals surface area contributed by atoms with Crippen LogP contribution in [-0.2, 0) is 17.9 Å². The van der Waals surface area contributed by atoms with E-state index in [9.17, 15) is 9.90 Å². The fourth-order valence-corrected chi connectivity index (χ4v) is 3.05. The summed E-state index contributed by atoms with van der Waals surface area (Å²) in [6, 6.07) is 11.0. The van der Waals surface area contributed by atoms with Crippen LogP contribution >= 0.6 is 0 Å². The second-order valence-corrected chi connectivity index (χ2v) is 5.83. The molecule has 0 spiro atoms. The quantitative estimate of drug-likeness (QED) is 0.757. The van der Waals surface area contributed by atoms with Crippen LogP contribution < -0.4 is 5.32 Å². The van der Waals surface area contributed by atoms with Crippen molar-refractivity contribution in [2.45, 2.75) is 13.1 Å². The minimum Gasteiger partial charge on any atom is -0.506 e. The number of nitrogens with one attached hydrogen (secondary N) is 1. The van der Waals surface area contributed by atoms with Crippen LogP contribution in [0.2, 0.25) is 0 Å². The van der Waals surface area contributed by atoms with E-state index in [1.165, 1.54) is 0 Å². The highest BCUT2D eigenvalue weighted by Crippen LogP contribution is 2.27. The van der Waals surface area contributed by atoms with E-state index >= 15 is 0 Å². The molecular weight excluding hydrogens is 304 g/mol. The summed E-state index contributed by atoms with van der Waals surface area (Å²) >= 11 is 0. The van der Waals surface area contributed by atoms with E-state index in [0.717, 1.165) is 22.3 Å². The minimum absolute atomic E-state index is 0.0528. The van der Waals surface area contributed by atoms with Crippen LogP contribution in [-0.4, -0.2) is 32.4 Å². The van der Waals surface area contributed by atoms with Gasteiger partial charge in [0.1, 0.15) is 11.3 Å². The topological polar surface area (TPSA) is 78.4 Å². The van der Waals surface area contributed by atoms with Crippen molar-refractivity contribution in [3.63, 3.8) is 0 Å². The molecule has 120 valence electrons. The van der Waals surface area contributed by atoms with Gasteiger partial charge in [0.2, 0.25) is 5.91 Å². The van der Waals surface area contributed by atoms with E-state index in [0.29, 0.717) is 25.2 Å². The molecule has 0 saturated carbocycles. The number of aromatic hydroxyl groups is 1. The lowest BCUT2D eigenvalue weighted by Crippen LogP contribution is -2.29.